The zero-order valence-corrected chi connectivity index (χ0v) is 15.5. The topological polar surface area (TPSA) is 173 Å². The van der Waals surface area contributed by atoms with Crippen molar-refractivity contribution >= 4 is 18.1 Å². The number of unbranched alkanes of at least 4 members (excludes halogenated alkanes) is 3. The van der Waals surface area contributed by atoms with Crippen LogP contribution in [0.3, 0.4) is 0 Å². The standard InChI is InChI=1S/C8H6O4.C6H14.CH2O3.2CH4O/c9-7(10)5-1-2-6(4-3-5)8(11)12;1-3-5-6-4-2;2-1(3)4;2*1-2/h1-4H,(H,9,10)(H,11,12);3-6H2,1-2H3;(H2,2,3,4);2*2H,1H3. The molecule has 0 aromatic heterocycles. The number of aliphatic hydroxyl groups excluding tert-OH is 2. The van der Waals surface area contributed by atoms with Gasteiger partial charge in [-0.3, -0.25) is 0 Å². The van der Waals surface area contributed by atoms with Crippen molar-refractivity contribution in [3.63, 3.8) is 0 Å². The first-order valence-corrected chi connectivity index (χ1v) is 7.64. The fraction of sp³-hybridized carbons (Fsp3) is 0.471. The van der Waals surface area contributed by atoms with Gasteiger partial charge in [0.25, 0.3) is 0 Å². The van der Waals surface area contributed by atoms with Crippen LogP contribution in [0.25, 0.3) is 0 Å². The molecular weight excluding hydrogens is 348 g/mol. The van der Waals surface area contributed by atoms with E-state index in [0.29, 0.717) is 0 Å². The van der Waals surface area contributed by atoms with Crippen molar-refractivity contribution in [1.82, 2.24) is 0 Å². The molecule has 0 saturated heterocycles. The molecule has 1 rings (SSSR count). The van der Waals surface area contributed by atoms with Gasteiger partial charge in [0, 0.05) is 14.2 Å². The van der Waals surface area contributed by atoms with E-state index in [1.54, 1.807) is 0 Å². The average Bonchev–Trinajstić information content (AvgIpc) is 2.63. The lowest BCUT2D eigenvalue weighted by Crippen LogP contribution is -1.99. The van der Waals surface area contributed by atoms with Gasteiger partial charge in [-0.15, -0.1) is 0 Å². The van der Waals surface area contributed by atoms with Crippen LogP contribution in [-0.2, 0) is 0 Å². The largest absolute Gasteiger partial charge is 0.503 e. The Morgan fingerprint density at radius 3 is 0.962 bits per heavy atom. The number of carboxylic acids is 2. The van der Waals surface area contributed by atoms with E-state index in [9.17, 15) is 9.59 Å². The molecule has 0 spiro atoms. The molecule has 0 atom stereocenters. The van der Waals surface area contributed by atoms with Crippen molar-refractivity contribution in [3.05, 3.63) is 35.4 Å². The van der Waals surface area contributed by atoms with Gasteiger partial charge in [0.2, 0.25) is 0 Å². The monoisotopic (exact) mass is 378 g/mol. The zero-order chi connectivity index (χ0) is 21.5. The number of benzene rings is 1. The van der Waals surface area contributed by atoms with E-state index in [-0.39, 0.29) is 11.1 Å². The minimum Gasteiger partial charge on any atom is -0.478 e. The molecule has 152 valence electrons. The lowest BCUT2D eigenvalue weighted by atomic mass is 10.1. The first kappa shape index (κ1) is 31.2. The molecule has 0 aliphatic carbocycles. The first-order valence-electron chi connectivity index (χ1n) is 7.64. The van der Waals surface area contributed by atoms with Crippen molar-refractivity contribution in [3.8, 4) is 0 Å². The summed E-state index contributed by atoms with van der Waals surface area (Å²) in [6.07, 6.45) is 3.70. The molecule has 1 aromatic rings. The third kappa shape index (κ3) is 26.3. The highest BCUT2D eigenvalue weighted by Gasteiger charge is 2.04. The summed E-state index contributed by atoms with van der Waals surface area (Å²) >= 11 is 0. The second-order valence-electron chi connectivity index (χ2n) is 4.18. The van der Waals surface area contributed by atoms with Gasteiger partial charge in [-0.25, -0.2) is 14.4 Å². The zero-order valence-electron chi connectivity index (χ0n) is 15.5. The van der Waals surface area contributed by atoms with Gasteiger partial charge in [0.15, 0.2) is 0 Å². The van der Waals surface area contributed by atoms with Crippen LogP contribution in [0.2, 0.25) is 0 Å². The maximum absolute atomic E-state index is 10.3. The van der Waals surface area contributed by atoms with Crippen LogP contribution < -0.4 is 0 Å². The van der Waals surface area contributed by atoms with Gasteiger partial charge < -0.3 is 30.6 Å². The summed E-state index contributed by atoms with van der Waals surface area (Å²) < 4.78 is 0. The van der Waals surface area contributed by atoms with Crippen molar-refractivity contribution in [1.29, 1.82) is 0 Å². The van der Waals surface area contributed by atoms with Gasteiger partial charge in [-0.1, -0.05) is 39.5 Å². The van der Waals surface area contributed by atoms with Crippen LogP contribution in [0.1, 0.15) is 60.2 Å². The Balaban J connectivity index is -0.000000146. The second kappa shape index (κ2) is 24.6. The Hall–Kier alpha value is -2.65. The van der Waals surface area contributed by atoms with Crippen molar-refractivity contribution < 1.29 is 45.0 Å². The molecule has 0 aliphatic rings. The average molecular weight is 378 g/mol. The molecule has 1 aromatic carbocycles. The number of carbonyl (C=O) groups is 3. The predicted molar refractivity (Wildman–Crippen MR) is 97.1 cm³/mol. The Kier molecular flexibility index (Phi) is 29.5. The fourth-order valence-electron chi connectivity index (χ4n) is 1.26. The van der Waals surface area contributed by atoms with Crippen LogP contribution in [-0.4, -0.2) is 63.0 Å². The quantitative estimate of drug-likeness (QED) is 0.421. The third-order valence-electron chi connectivity index (χ3n) is 2.34. The van der Waals surface area contributed by atoms with Crippen LogP contribution in [0.4, 0.5) is 4.79 Å². The van der Waals surface area contributed by atoms with E-state index >= 15 is 0 Å². The number of rotatable bonds is 5. The summed E-state index contributed by atoms with van der Waals surface area (Å²) in [6, 6.07) is 5.02. The minimum atomic E-state index is -1.83. The van der Waals surface area contributed by atoms with Crippen LogP contribution in [0.5, 0.6) is 0 Å². The third-order valence-corrected chi connectivity index (χ3v) is 2.34. The maximum atomic E-state index is 10.3. The van der Waals surface area contributed by atoms with Crippen molar-refractivity contribution in [2.24, 2.45) is 0 Å². The molecule has 0 radical (unpaired) electrons. The van der Waals surface area contributed by atoms with Gasteiger partial charge in [-0.05, 0) is 24.3 Å². The van der Waals surface area contributed by atoms with Crippen LogP contribution in [0.15, 0.2) is 24.3 Å². The highest BCUT2D eigenvalue weighted by Crippen LogP contribution is 2.03. The van der Waals surface area contributed by atoms with Gasteiger partial charge in [0.1, 0.15) is 0 Å². The van der Waals surface area contributed by atoms with E-state index in [1.807, 2.05) is 0 Å². The van der Waals surface area contributed by atoms with Gasteiger partial charge in [-0.2, -0.15) is 0 Å². The van der Waals surface area contributed by atoms with E-state index in [0.717, 1.165) is 14.2 Å². The molecular formula is C17H30O9. The number of hydrogen-bond donors (Lipinski definition) is 6. The molecule has 0 saturated carbocycles. The summed E-state index contributed by atoms with van der Waals surface area (Å²) in [5, 5.41) is 44.9. The van der Waals surface area contributed by atoms with E-state index in [2.05, 4.69) is 13.8 Å². The summed E-state index contributed by atoms with van der Waals surface area (Å²) in [5.74, 6) is -2.13. The highest BCUT2D eigenvalue weighted by atomic mass is 16.6. The normalized spacial score (nSPS) is 7.77. The second-order valence-corrected chi connectivity index (χ2v) is 4.18. The number of aromatic carboxylic acids is 2. The number of hydrogen-bond acceptors (Lipinski definition) is 5. The SMILES string of the molecule is CCCCCC.CO.CO.O=C(O)O.O=C(O)c1ccc(C(=O)O)cc1. The molecule has 0 fully saturated rings. The lowest BCUT2D eigenvalue weighted by molar-refractivity contribution is 0.0681. The fourth-order valence-corrected chi connectivity index (χ4v) is 1.26. The Bertz CT molecular complexity index is 415. The summed E-state index contributed by atoms with van der Waals surface area (Å²) in [6.45, 7) is 4.46. The Morgan fingerprint density at radius 2 is 0.846 bits per heavy atom. The Labute approximate surface area is 153 Å². The maximum Gasteiger partial charge on any atom is 0.503 e. The molecule has 0 heterocycles. The molecule has 9 nitrogen and oxygen atoms in total. The minimum absolute atomic E-state index is 0.0833. The molecule has 9 heteroatoms. The summed E-state index contributed by atoms with van der Waals surface area (Å²) in [5.41, 5.74) is 0.167. The smallest absolute Gasteiger partial charge is 0.478 e. The van der Waals surface area contributed by atoms with Crippen LogP contribution in [0, 0.1) is 0 Å². The van der Waals surface area contributed by atoms with Gasteiger partial charge in [0.05, 0.1) is 11.1 Å². The van der Waals surface area contributed by atoms with Crippen LogP contribution >= 0.6 is 0 Å². The summed E-state index contributed by atoms with van der Waals surface area (Å²) in [7, 11) is 2.00. The Morgan fingerprint density at radius 1 is 0.654 bits per heavy atom. The van der Waals surface area contributed by atoms with E-state index in [4.69, 9.17) is 35.4 Å². The van der Waals surface area contributed by atoms with Crippen molar-refractivity contribution in [2.75, 3.05) is 14.2 Å². The molecule has 26 heavy (non-hydrogen) atoms. The van der Waals surface area contributed by atoms with E-state index in [1.165, 1.54) is 49.9 Å². The molecule has 0 amide bonds. The summed E-state index contributed by atoms with van der Waals surface area (Å²) in [4.78, 5) is 29.2. The molecule has 0 bridgehead atoms. The lowest BCUT2D eigenvalue weighted by Gasteiger charge is -1.94. The number of carboxylic acid groups (broad SMARTS) is 4. The van der Waals surface area contributed by atoms with Crippen molar-refractivity contribution in [2.45, 2.75) is 39.5 Å². The highest BCUT2D eigenvalue weighted by molar-refractivity contribution is 5.91. The molecule has 0 unspecified atom stereocenters. The van der Waals surface area contributed by atoms with Gasteiger partial charge >= 0.3 is 18.1 Å². The first-order chi connectivity index (χ1) is 12.3. The van der Waals surface area contributed by atoms with E-state index < -0.39 is 18.1 Å². The molecule has 6 N–H and O–H groups in total. The number of aliphatic hydroxyl groups is 2. The molecule has 0 aliphatic heterocycles. The predicted octanol–water partition coefficient (Wildman–Crippen LogP) is 3.11.